The highest BCUT2D eigenvalue weighted by atomic mass is 32.2. The van der Waals surface area contributed by atoms with Gasteiger partial charge in [-0.05, 0) is 108 Å². The molecular formula is C43H54N6O10S. The van der Waals surface area contributed by atoms with Gasteiger partial charge in [-0.25, -0.2) is 23.2 Å². The van der Waals surface area contributed by atoms with Crippen LogP contribution in [0.1, 0.15) is 79.6 Å². The van der Waals surface area contributed by atoms with E-state index >= 15 is 0 Å². The lowest BCUT2D eigenvalue weighted by atomic mass is 9.88. The zero-order valence-corrected chi connectivity index (χ0v) is 35.6. The van der Waals surface area contributed by atoms with Crippen LogP contribution in [0.5, 0.6) is 17.4 Å². The molecule has 3 fully saturated rings. The number of benzene rings is 2. The van der Waals surface area contributed by atoms with E-state index in [1.807, 2.05) is 57.2 Å². The van der Waals surface area contributed by atoms with Crippen molar-refractivity contribution in [2.75, 3.05) is 13.7 Å². The molecule has 4 N–H and O–H groups in total. The molecule has 3 aromatic rings. The molecule has 7 rings (SSSR count). The minimum absolute atomic E-state index is 0.0416. The molecule has 0 spiro atoms. The van der Waals surface area contributed by atoms with Crippen molar-refractivity contribution in [2.24, 2.45) is 17.8 Å². The lowest BCUT2D eigenvalue weighted by Crippen LogP contribution is -2.59. The molecule has 0 unspecified atom stereocenters. The topological polar surface area (TPSA) is 215 Å². The van der Waals surface area contributed by atoms with Crippen LogP contribution in [0, 0.1) is 17.8 Å². The van der Waals surface area contributed by atoms with Crippen LogP contribution in [0.2, 0.25) is 0 Å². The van der Waals surface area contributed by atoms with E-state index in [2.05, 4.69) is 15.4 Å². The van der Waals surface area contributed by atoms with E-state index in [4.69, 9.17) is 24.2 Å². The fraction of sp³-hybridized carbons (Fsp3) is 0.535. The fourth-order valence-corrected chi connectivity index (χ4v) is 9.58. The number of ether oxygens (including phenoxy) is 3. The number of methoxy groups -OCH3 is 1. The van der Waals surface area contributed by atoms with Crippen molar-refractivity contribution in [3.05, 3.63) is 54.6 Å². The van der Waals surface area contributed by atoms with Crippen molar-refractivity contribution in [3.63, 3.8) is 0 Å². The highest BCUT2D eigenvalue weighted by Crippen LogP contribution is 2.48. The lowest BCUT2D eigenvalue weighted by Gasteiger charge is -2.32. The van der Waals surface area contributed by atoms with Crippen LogP contribution in [0.4, 0.5) is 4.79 Å². The third kappa shape index (κ3) is 8.86. The molecule has 0 radical (unpaired) electrons. The van der Waals surface area contributed by atoms with Crippen LogP contribution in [-0.4, -0.2) is 100 Å². The van der Waals surface area contributed by atoms with Crippen molar-refractivity contribution in [3.8, 4) is 28.6 Å². The fourth-order valence-electron chi connectivity index (χ4n) is 8.27. The number of amides is 4. The maximum Gasteiger partial charge on any atom is 0.405 e. The summed E-state index contributed by atoms with van der Waals surface area (Å²) in [4.78, 5) is 66.4. The monoisotopic (exact) mass is 846 g/mol. The number of fused-ring (bicyclic) bond motifs is 3. The summed E-state index contributed by atoms with van der Waals surface area (Å²) in [6.45, 7) is 9.14. The normalized spacial score (nSPS) is 28.3. The van der Waals surface area contributed by atoms with Gasteiger partial charge in [0.1, 0.15) is 40.9 Å². The Kier molecular flexibility index (Phi) is 11.8. The van der Waals surface area contributed by atoms with Crippen LogP contribution in [0.25, 0.3) is 22.3 Å². The Morgan fingerprint density at radius 2 is 1.73 bits per heavy atom. The average Bonchev–Trinajstić information content (AvgIpc) is 4.08. The summed E-state index contributed by atoms with van der Waals surface area (Å²) in [5.41, 5.74) is 0.493. The molecule has 322 valence electrons. The third-order valence-electron chi connectivity index (χ3n) is 12.1. The summed E-state index contributed by atoms with van der Waals surface area (Å²) in [6.07, 6.45) is 4.30. The second kappa shape index (κ2) is 16.5. The van der Waals surface area contributed by atoms with Crippen molar-refractivity contribution in [2.45, 2.75) is 114 Å². The predicted molar refractivity (Wildman–Crippen MR) is 222 cm³/mol. The Hall–Kier alpha value is -5.45. The summed E-state index contributed by atoms with van der Waals surface area (Å²) in [6, 6.07) is 10.1. The van der Waals surface area contributed by atoms with Gasteiger partial charge < -0.3 is 34.9 Å². The number of hydrogen-bond donors (Lipinski definition) is 4. The molecule has 2 aliphatic heterocycles. The summed E-state index contributed by atoms with van der Waals surface area (Å²) in [5, 5.41) is 15.2. The maximum absolute atomic E-state index is 14.6. The van der Waals surface area contributed by atoms with Crippen molar-refractivity contribution < 1.29 is 46.9 Å². The van der Waals surface area contributed by atoms with Gasteiger partial charge in [0, 0.05) is 24.0 Å². The van der Waals surface area contributed by atoms with E-state index < -0.39 is 74.1 Å². The number of nitrogens with one attached hydrogen (secondary N) is 3. The maximum atomic E-state index is 14.6. The number of hydrogen-bond acceptors (Lipinski definition) is 11. The molecule has 2 saturated carbocycles. The van der Waals surface area contributed by atoms with Gasteiger partial charge in [0.2, 0.25) is 27.7 Å². The van der Waals surface area contributed by atoms with E-state index in [1.54, 1.807) is 39.2 Å². The van der Waals surface area contributed by atoms with Crippen LogP contribution in [-0.2, 0) is 24.4 Å². The van der Waals surface area contributed by atoms with Gasteiger partial charge in [0.05, 0.1) is 35.5 Å². The first-order valence-electron chi connectivity index (χ1n) is 20.6. The van der Waals surface area contributed by atoms with Crippen molar-refractivity contribution >= 4 is 44.9 Å². The highest BCUT2D eigenvalue weighted by molar-refractivity contribution is 7.91. The number of allylic oxidation sites excluding steroid dienone is 1. The zero-order chi connectivity index (χ0) is 43.1. The molecule has 60 heavy (non-hydrogen) atoms. The number of carboxylic acid groups (broad SMARTS) is 1. The van der Waals surface area contributed by atoms with Crippen LogP contribution in [0.15, 0.2) is 54.6 Å². The van der Waals surface area contributed by atoms with Gasteiger partial charge in [-0.2, -0.15) is 0 Å². The number of aromatic nitrogens is 2. The van der Waals surface area contributed by atoms with Crippen LogP contribution >= 0.6 is 0 Å². The predicted octanol–water partition coefficient (Wildman–Crippen LogP) is 4.96. The molecule has 4 aliphatic rings. The van der Waals surface area contributed by atoms with Gasteiger partial charge in [0.25, 0.3) is 5.91 Å². The number of nitrogens with zero attached hydrogens (tertiary/aromatic N) is 3. The number of carbonyl (C=O) groups excluding carboxylic acids is 3. The van der Waals surface area contributed by atoms with Crippen LogP contribution in [0.3, 0.4) is 0 Å². The molecule has 4 amide bonds. The SMILES string of the molecule is COc1ccc2nc(O[C@@H]3C[C@H]4C(=O)N[C@]5(C(=O)NS(=O)(=O)C6(C)CC6)C[C@H]5/C=C\CC[C@@H](C)C[C@@H](C)[C@H](NC(=O)O)C(=O)N4C3)c(-c3ccc(OC(C)C)cc3)nc2c1. The zero-order valence-electron chi connectivity index (χ0n) is 34.8. The summed E-state index contributed by atoms with van der Waals surface area (Å²) >= 11 is 0. The molecule has 1 aromatic heterocycles. The highest BCUT2D eigenvalue weighted by Gasteiger charge is 2.63. The molecule has 0 bridgehead atoms. The van der Waals surface area contributed by atoms with Gasteiger partial charge in [-0.1, -0.05) is 26.0 Å². The van der Waals surface area contributed by atoms with E-state index in [0.717, 1.165) is 6.42 Å². The molecule has 2 aromatic carbocycles. The third-order valence-corrected chi connectivity index (χ3v) is 14.3. The Labute approximate surface area is 349 Å². The van der Waals surface area contributed by atoms with Crippen molar-refractivity contribution in [1.29, 1.82) is 0 Å². The van der Waals surface area contributed by atoms with Gasteiger partial charge in [0.15, 0.2) is 0 Å². The average molecular weight is 847 g/mol. The Bertz CT molecular complexity index is 2300. The van der Waals surface area contributed by atoms with Crippen molar-refractivity contribution in [1.82, 2.24) is 30.2 Å². The molecule has 3 heterocycles. The molecular weight excluding hydrogens is 793 g/mol. The van der Waals surface area contributed by atoms with Gasteiger partial charge in [-0.3, -0.25) is 19.1 Å². The van der Waals surface area contributed by atoms with E-state index in [1.165, 1.54) is 4.90 Å². The molecule has 2 aliphatic carbocycles. The quantitative estimate of drug-likeness (QED) is 0.199. The second-order valence-electron chi connectivity index (χ2n) is 17.3. The Morgan fingerprint density at radius 1 is 1.02 bits per heavy atom. The summed E-state index contributed by atoms with van der Waals surface area (Å²) < 4.78 is 45.6. The number of carbonyl (C=O) groups is 4. The number of rotatable bonds is 10. The molecule has 1 saturated heterocycles. The van der Waals surface area contributed by atoms with Gasteiger partial charge >= 0.3 is 6.09 Å². The summed E-state index contributed by atoms with van der Waals surface area (Å²) in [7, 11) is -2.48. The Balaban J connectivity index is 1.25. The van der Waals surface area contributed by atoms with E-state index in [9.17, 15) is 32.7 Å². The summed E-state index contributed by atoms with van der Waals surface area (Å²) in [5.74, 6) is -1.63. The van der Waals surface area contributed by atoms with Gasteiger partial charge in [-0.15, -0.1) is 0 Å². The smallest absolute Gasteiger partial charge is 0.405 e. The van der Waals surface area contributed by atoms with E-state index in [0.29, 0.717) is 59.5 Å². The standard InChI is InChI=1S/C43H54N6O10S/c1-24(2)58-29-13-11-27(12-14-29)36-38(45-32-16-15-30(57-6)20-33(32)44-36)59-31-21-34-37(50)47-43(40(52)48-60(55,56)42(5)17-18-42)22-28(43)10-8-7-9-25(3)19-26(4)35(46-41(53)54)39(51)49(34)23-31/h8,10-16,20,24-26,28,31,34-35,46H,7,9,17-19,21-23H2,1-6H3,(H,47,50)(H,48,52)(H,53,54)/b10-8-/t25-,26-,28-,31-,34+,35+,43-/m1/s1. The number of sulfonamides is 1. The first-order valence-corrected chi connectivity index (χ1v) is 22.0. The molecule has 16 nitrogen and oxygen atoms in total. The first-order chi connectivity index (χ1) is 28.4. The minimum Gasteiger partial charge on any atom is -0.497 e. The van der Waals surface area contributed by atoms with Crippen LogP contribution < -0.4 is 29.6 Å². The van der Waals surface area contributed by atoms with E-state index in [-0.39, 0.29) is 37.3 Å². The molecule has 7 atom stereocenters. The first kappa shape index (κ1) is 42.7. The Morgan fingerprint density at radius 3 is 2.40 bits per heavy atom. The minimum atomic E-state index is -4.04. The largest absolute Gasteiger partial charge is 0.497 e. The lowest BCUT2D eigenvalue weighted by molar-refractivity contribution is -0.142. The molecule has 17 heteroatoms. The second-order valence-corrected chi connectivity index (χ2v) is 19.5.